The number of benzene rings is 1. The highest BCUT2D eigenvalue weighted by Crippen LogP contribution is 2.27. The number of carbonyl (C=O) groups is 1. The summed E-state index contributed by atoms with van der Waals surface area (Å²) in [6, 6.07) is 9.19. The molecule has 1 aromatic carbocycles. The molecule has 2 aromatic rings. The van der Waals surface area contributed by atoms with Crippen molar-refractivity contribution in [3.05, 3.63) is 30.3 Å². The fraction of sp³-hybridized carbons (Fsp3) is 0.100. The SMILES string of the molecule is O=C(O)C(F)Sc1cc2ccccc2[nH]1. The van der Waals surface area contributed by atoms with Gasteiger partial charge in [0, 0.05) is 10.9 Å². The maximum atomic E-state index is 12.9. The minimum Gasteiger partial charge on any atom is -0.478 e. The molecule has 0 saturated heterocycles. The van der Waals surface area contributed by atoms with Crippen LogP contribution in [0.1, 0.15) is 0 Å². The topological polar surface area (TPSA) is 53.1 Å². The van der Waals surface area contributed by atoms with Crippen molar-refractivity contribution in [2.24, 2.45) is 0 Å². The van der Waals surface area contributed by atoms with Gasteiger partial charge in [-0.05, 0) is 12.1 Å². The number of carboxylic acid groups (broad SMARTS) is 1. The van der Waals surface area contributed by atoms with Crippen LogP contribution < -0.4 is 0 Å². The number of thioether (sulfide) groups is 1. The molecule has 5 heteroatoms. The molecule has 1 heterocycles. The van der Waals surface area contributed by atoms with E-state index in [1.807, 2.05) is 24.3 Å². The summed E-state index contributed by atoms with van der Waals surface area (Å²) in [4.78, 5) is 13.3. The van der Waals surface area contributed by atoms with Gasteiger partial charge in [0.15, 0.2) is 0 Å². The molecule has 78 valence electrons. The van der Waals surface area contributed by atoms with Gasteiger partial charge < -0.3 is 10.1 Å². The number of halogens is 1. The average molecular weight is 225 g/mol. The lowest BCUT2D eigenvalue weighted by atomic mass is 10.3. The lowest BCUT2D eigenvalue weighted by Gasteiger charge is -1.98. The second-order valence-corrected chi connectivity index (χ2v) is 4.08. The fourth-order valence-electron chi connectivity index (χ4n) is 1.27. The van der Waals surface area contributed by atoms with Gasteiger partial charge in [-0.15, -0.1) is 0 Å². The number of H-pyrrole nitrogens is 1. The summed E-state index contributed by atoms with van der Waals surface area (Å²) in [6.07, 6.45) is 0. The molecule has 3 nitrogen and oxygen atoms in total. The van der Waals surface area contributed by atoms with Crippen LogP contribution in [-0.4, -0.2) is 21.6 Å². The van der Waals surface area contributed by atoms with Crippen LogP contribution in [-0.2, 0) is 4.79 Å². The lowest BCUT2D eigenvalue weighted by molar-refractivity contribution is -0.139. The number of nitrogens with one attached hydrogen (secondary N) is 1. The van der Waals surface area contributed by atoms with Crippen molar-refractivity contribution in [2.45, 2.75) is 10.5 Å². The predicted octanol–water partition coefficient (Wildman–Crippen LogP) is 2.64. The number of aromatic nitrogens is 1. The van der Waals surface area contributed by atoms with Crippen molar-refractivity contribution in [3.8, 4) is 0 Å². The van der Waals surface area contributed by atoms with E-state index in [0.717, 1.165) is 10.9 Å². The molecular weight excluding hydrogens is 217 g/mol. The Kier molecular flexibility index (Phi) is 2.64. The summed E-state index contributed by atoms with van der Waals surface area (Å²) in [5, 5.41) is 9.87. The van der Waals surface area contributed by atoms with E-state index in [1.54, 1.807) is 6.07 Å². The molecule has 2 N–H and O–H groups in total. The predicted molar refractivity (Wildman–Crippen MR) is 56.7 cm³/mol. The standard InChI is InChI=1S/C10H8FNO2S/c11-9(10(13)14)15-8-5-6-3-1-2-4-7(6)12-8/h1-5,9,12H,(H,13,14). The van der Waals surface area contributed by atoms with Crippen LogP contribution in [0.3, 0.4) is 0 Å². The van der Waals surface area contributed by atoms with Crippen molar-refractivity contribution in [2.75, 3.05) is 0 Å². The first-order chi connectivity index (χ1) is 7.16. The first-order valence-corrected chi connectivity index (χ1v) is 5.16. The highest BCUT2D eigenvalue weighted by Gasteiger charge is 2.17. The average Bonchev–Trinajstić information content (AvgIpc) is 2.59. The first kappa shape index (κ1) is 10.0. The number of para-hydroxylation sites is 1. The summed E-state index contributed by atoms with van der Waals surface area (Å²) < 4.78 is 12.9. The highest BCUT2D eigenvalue weighted by atomic mass is 32.2. The number of alkyl halides is 1. The number of hydrogen-bond acceptors (Lipinski definition) is 2. The third-order valence-corrected chi connectivity index (χ3v) is 2.81. The van der Waals surface area contributed by atoms with Gasteiger partial charge in [-0.25, -0.2) is 9.18 Å². The Bertz CT molecular complexity index is 464. The fourth-order valence-corrected chi connectivity index (χ4v) is 1.96. The molecule has 1 atom stereocenters. The van der Waals surface area contributed by atoms with Gasteiger partial charge in [0.25, 0.3) is 0 Å². The van der Waals surface area contributed by atoms with Crippen LogP contribution in [0.15, 0.2) is 35.4 Å². The second kappa shape index (κ2) is 3.94. The van der Waals surface area contributed by atoms with Crippen LogP contribution in [0.25, 0.3) is 10.9 Å². The van der Waals surface area contributed by atoms with E-state index < -0.39 is 11.5 Å². The number of fused-ring (bicyclic) bond motifs is 1. The second-order valence-electron chi connectivity index (χ2n) is 2.99. The Balaban J connectivity index is 2.26. The third kappa shape index (κ3) is 2.12. The van der Waals surface area contributed by atoms with Gasteiger partial charge in [0.2, 0.25) is 5.50 Å². The molecule has 2 rings (SSSR count). The summed E-state index contributed by atoms with van der Waals surface area (Å²) in [7, 11) is 0. The Hall–Kier alpha value is -1.49. The zero-order valence-electron chi connectivity index (χ0n) is 7.61. The molecule has 1 unspecified atom stereocenters. The summed E-state index contributed by atoms with van der Waals surface area (Å²) in [6.45, 7) is 0. The van der Waals surface area contributed by atoms with Crippen LogP contribution in [0.2, 0.25) is 0 Å². The quantitative estimate of drug-likeness (QED) is 0.789. The summed E-state index contributed by atoms with van der Waals surface area (Å²) in [5.74, 6) is -1.46. The number of hydrogen-bond donors (Lipinski definition) is 2. The molecule has 0 saturated carbocycles. The lowest BCUT2D eigenvalue weighted by Crippen LogP contribution is -2.09. The Morgan fingerprint density at radius 1 is 1.47 bits per heavy atom. The molecule has 0 amide bonds. The minimum atomic E-state index is -1.93. The molecule has 0 aliphatic rings. The van der Waals surface area contributed by atoms with Gasteiger partial charge in [-0.2, -0.15) is 0 Å². The van der Waals surface area contributed by atoms with Crippen LogP contribution >= 0.6 is 11.8 Å². The van der Waals surface area contributed by atoms with Crippen molar-refractivity contribution in [1.29, 1.82) is 0 Å². The zero-order chi connectivity index (χ0) is 10.8. The first-order valence-electron chi connectivity index (χ1n) is 4.28. The largest absolute Gasteiger partial charge is 0.478 e. The highest BCUT2D eigenvalue weighted by molar-refractivity contribution is 8.00. The molecule has 1 aromatic heterocycles. The van der Waals surface area contributed by atoms with Crippen LogP contribution in [0.5, 0.6) is 0 Å². The van der Waals surface area contributed by atoms with Gasteiger partial charge in [-0.3, -0.25) is 0 Å². The van der Waals surface area contributed by atoms with Crippen LogP contribution in [0, 0.1) is 0 Å². The van der Waals surface area contributed by atoms with E-state index in [4.69, 9.17) is 5.11 Å². The van der Waals surface area contributed by atoms with Gasteiger partial charge >= 0.3 is 5.97 Å². The Morgan fingerprint density at radius 3 is 2.87 bits per heavy atom. The third-order valence-electron chi connectivity index (χ3n) is 1.93. The Labute approximate surface area is 89.3 Å². The Morgan fingerprint density at radius 2 is 2.20 bits per heavy atom. The smallest absolute Gasteiger partial charge is 0.349 e. The minimum absolute atomic E-state index is 0.520. The van der Waals surface area contributed by atoms with E-state index >= 15 is 0 Å². The summed E-state index contributed by atoms with van der Waals surface area (Å²) in [5.41, 5.74) is -1.06. The van der Waals surface area contributed by atoms with Crippen molar-refractivity contribution in [3.63, 3.8) is 0 Å². The molecule has 15 heavy (non-hydrogen) atoms. The maximum absolute atomic E-state index is 12.9. The van der Waals surface area contributed by atoms with E-state index in [0.29, 0.717) is 16.8 Å². The van der Waals surface area contributed by atoms with E-state index in [1.165, 1.54) is 0 Å². The molecule has 0 radical (unpaired) electrons. The van der Waals surface area contributed by atoms with Crippen molar-refractivity contribution in [1.82, 2.24) is 4.98 Å². The van der Waals surface area contributed by atoms with Crippen LogP contribution in [0.4, 0.5) is 4.39 Å². The van der Waals surface area contributed by atoms with Crippen molar-refractivity contribution < 1.29 is 14.3 Å². The number of aliphatic carboxylic acids is 1. The van der Waals surface area contributed by atoms with Gasteiger partial charge in [0.1, 0.15) is 0 Å². The van der Waals surface area contributed by atoms with E-state index in [9.17, 15) is 9.18 Å². The van der Waals surface area contributed by atoms with Gasteiger partial charge in [0.05, 0.1) is 5.03 Å². The molecule has 0 bridgehead atoms. The number of aromatic amines is 1. The maximum Gasteiger partial charge on any atom is 0.349 e. The molecular formula is C10H8FNO2S. The summed E-state index contributed by atoms with van der Waals surface area (Å²) >= 11 is 0.656. The monoisotopic (exact) mass is 225 g/mol. The van der Waals surface area contributed by atoms with E-state index in [-0.39, 0.29) is 0 Å². The zero-order valence-corrected chi connectivity index (χ0v) is 8.42. The normalized spacial score (nSPS) is 12.9. The molecule has 0 fully saturated rings. The molecule has 0 aliphatic heterocycles. The van der Waals surface area contributed by atoms with Gasteiger partial charge in [-0.1, -0.05) is 30.0 Å². The molecule has 0 spiro atoms. The van der Waals surface area contributed by atoms with Crippen molar-refractivity contribution >= 4 is 28.6 Å². The van der Waals surface area contributed by atoms with E-state index in [2.05, 4.69) is 4.98 Å². The molecule has 0 aliphatic carbocycles. The number of rotatable bonds is 3. The number of carboxylic acids is 1.